The van der Waals surface area contributed by atoms with Crippen molar-refractivity contribution >= 4 is 17.6 Å². The number of anilines is 1. The number of carboxylic acids is 1. The lowest BCUT2D eigenvalue weighted by Crippen LogP contribution is -2.62. The number of aliphatic hydroxyl groups is 2. The summed E-state index contributed by atoms with van der Waals surface area (Å²) in [6.07, 6.45) is 0.445. The summed E-state index contributed by atoms with van der Waals surface area (Å²) in [5, 5.41) is 35.9. The van der Waals surface area contributed by atoms with Crippen LogP contribution in [0.2, 0.25) is 0 Å². The summed E-state index contributed by atoms with van der Waals surface area (Å²) in [4.78, 5) is 34.6. The van der Waals surface area contributed by atoms with Crippen LogP contribution in [0.3, 0.4) is 0 Å². The first kappa shape index (κ1) is 33.7. The maximum absolute atomic E-state index is 14.1. The summed E-state index contributed by atoms with van der Waals surface area (Å²) in [5.41, 5.74) is 3.34. The molecule has 3 unspecified atom stereocenters. The Balaban J connectivity index is 1.30. The Bertz CT molecular complexity index is 1470. The minimum absolute atomic E-state index is 0.0315. The van der Waals surface area contributed by atoms with Gasteiger partial charge in [-0.25, -0.2) is 4.79 Å². The zero-order valence-corrected chi connectivity index (χ0v) is 28.0. The summed E-state index contributed by atoms with van der Waals surface area (Å²) in [6.45, 7) is 10.7. The molecule has 3 saturated carbocycles. The van der Waals surface area contributed by atoms with Crippen LogP contribution in [0.1, 0.15) is 56.5 Å². The first-order chi connectivity index (χ1) is 22.4. The van der Waals surface area contributed by atoms with Gasteiger partial charge in [0.2, 0.25) is 5.91 Å². The number of carbonyl (C=O) groups excluding carboxylic acids is 1. The summed E-state index contributed by atoms with van der Waals surface area (Å²) < 4.78 is 11.5. The van der Waals surface area contributed by atoms with E-state index in [9.17, 15) is 24.9 Å². The molecule has 7 rings (SSSR count). The largest absolute Gasteiger partial charge is 0.496 e. The molecule has 1 amide bonds. The molecule has 5 fully saturated rings. The van der Waals surface area contributed by atoms with E-state index in [4.69, 9.17) is 14.3 Å². The predicted octanol–water partition coefficient (Wildman–Crippen LogP) is 3.56. The number of rotatable bonds is 10. The molecule has 0 radical (unpaired) electrons. The van der Waals surface area contributed by atoms with Crippen LogP contribution >= 0.6 is 0 Å². The van der Waals surface area contributed by atoms with E-state index >= 15 is 0 Å². The van der Waals surface area contributed by atoms with Gasteiger partial charge in [0.1, 0.15) is 17.9 Å². The van der Waals surface area contributed by atoms with Crippen LogP contribution in [0.5, 0.6) is 5.75 Å². The Hall–Kier alpha value is -3.22. The lowest BCUT2D eigenvalue weighted by molar-refractivity contribution is -0.183. The number of hydroxylamine groups is 2. The van der Waals surface area contributed by atoms with Gasteiger partial charge in [0, 0.05) is 41.9 Å². The summed E-state index contributed by atoms with van der Waals surface area (Å²) in [6, 6.07) is 10.1. The number of carboxylic acid groups (broad SMARTS) is 1. The number of nitrogens with zero attached hydrogens (tertiary/aromatic N) is 2. The summed E-state index contributed by atoms with van der Waals surface area (Å²) in [5.74, 6) is 0.0746. The van der Waals surface area contributed by atoms with E-state index < -0.39 is 30.1 Å². The van der Waals surface area contributed by atoms with Crippen molar-refractivity contribution in [2.24, 2.45) is 29.1 Å². The number of nitrogens with one attached hydrogen (secondary N) is 1. The molecule has 2 heterocycles. The zero-order chi connectivity index (χ0) is 33.6. The van der Waals surface area contributed by atoms with Crippen molar-refractivity contribution < 1.29 is 39.2 Å². The van der Waals surface area contributed by atoms with E-state index in [1.165, 1.54) is 6.42 Å². The minimum Gasteiger partial charge on any atom is -0.496 e. The quantitative estimate of drug-likeness (QED) is 0.302. The summed E-state index contributed by atoms with van der Waals surface area (Å²) in [7, 11) is 1.56. The van der Waals surface area contributed by atoms with Gasteiger partial charge in [0.15, 0.2) is 0 Å². The van der Waals surface area contributed by atoms with Crippen molar-refractivity contribution in [3.05, 3.63) is 47.5 Å². The normalized spacial score (nSPS) is 30.8. The predicted molar refractivity (Wildman–Crippen MR) is 176 cm³/mol. The Morgan fingerprint density at radius 3 is 2.51 bits per heavy atom. The molecule has 8 atom stereocenters. The maximum Gasteiger partial charge on any atom is 0.335 e. The van der Waals surface area contributed by atoms with E-state index in [1.54, 1.807) is 31.2 Å². The molecule has 11 heteroatoms. The molecule has 2 aliphatic heterocycles. The van der Waals surface area contributed by atoms with Crippen LogP contribution < -0.4 is 15.0 Å². The Labute approximate surface area is 276 Å². The van der Waals surface area contributed by atoms with E-state index in [0.717, 1.165) is 12.1 Å². The molecule has 3 aliphatic carbocycles. The van der Waals surface area contributed by atoms with Gasteiger partial charge in [-0.3, -0.25) is 9.63 Å². The molecular weight excluding hydrogens is 602 g/mol. The third-order valence-corrected chi connectivity index (χ3v) is 11.5. The number of hydrogen-bond donors (Lipinski definition) is 4. The molecule has 4 N–H and O–H groups in total. The van der Waals surface area contributed by atoms with Gasteiger partial charge >= 0.3 is 5.97 Å². The van der Waals surface area contributed by atoms with Crippen LogP contribution in [-0.2, 0) is 20.9 Å². The van der Waals surface area contributed by atoms with Gasteiger partial charge in [-0.2, -0.15) is 5.06 Å². The number of fused-ring (bicyclic) bond motifs is 2. The topological polar surface area (TPSA) is 141 Å². The Morgan fingerprint density at radius 1 is 1.15 bits per heavy atom. The van der Waals surface area contributed by atoms with E-state index in [1.807, 2.05) is 24.3 Å². The SMILES string of the molecule is COc1c(CN2OC(CO)[C@@H]([C@H](C)O)[C@H]2C(=O)NC2C[C@H]3C[C@@H](C2C)C3(C)C)cccc1-c1cc(C(=O)O)cc(N2CCOCC2)c1. The molecule has 2 saturated heterocycles. The third-order valence-electron chi connectivity index (χ3n) is 11.5. The van der Waals surface area contributed by atoms with Gasteiger partial charge in [-0.05, 0) is 66.7 Å². The number of methoxy groups -OCH3 is 1. The van der Waals surface area contributed by atoms with E-state index in [0.29, 0.717) is 66.5 Å². The van der Waals surface area contributed by atoms with Crippen LogP contribution in [0.25, 0.3) is 11.1 Å². The smallest absolute Gasteiger partial charge is 0.335 e. The lowest BCUT2D eigenvalue weighted by Gasteiger charge is -2.62. The highest BCUT2D eigenvalue weighted by atomic mass is 16.7. The molecule has 2 bridgehead atoms. The number of ether oxygens (including phenoxy) is 2. The molecule has 0 aromatic heterocycles. The molecule has 2 aromatic carbocycles. The highest BCUT2D eigenvalue weighted by molar-refractivity contribution is 5.92. The van der Waals surface area contributed by atoms with Crippen molar-refractivity contribution in [1.29, 1.82) is 0 Å². The van der Waals surface area contributed by atoms with Crippen molar-refractivity contribution in [1.82, 2.24) is 10.4 Å². The first-order valence-corrected chi connectivity index (χ1v) is 16.8. The zero-order valence-electron chi connectivity index (χ0n) is 28.0. The molecule has 0 spiro atoms. The fraction of sp³-hybridized carbons (Fsp3) is 0.611. The van der Waals surface area contributed by atoms with Crippen LogP contribution in [0, 0.1) is 29.1 Å². The Kier molecular flexibility index (Phi) is 9.57. The highest BCUT2D eigenvalue weighted by Gasteiger charge is 2.57. The lowest BCUT2D eigenvalue weighted by atomic mass is 9.45. The van der Waals surface area contributed by atoms with Gasteiger partial charge in [0.25, 0.3) is 0 Å². The van der Waals surface area contributed by atoms with E-state index in [2.05, 4.69) is 31.0 Å². The number of benzene rings is 2. The van der Waals surface area contributed by atoms with Gasteiger partial charge < -0.3 is 35.0 Å². The van der Waals surface area contributed by atoms with E-state index in [-0.39, 0.29) is 36.1 Å². The third kappa shape index (κ3) is 6.24. The highest BCUT2D eigenvalue weighted by Crippen LogP contribution is 2.61. The van der Waals surface area contributed by atoms with Gasteiger partial charge in [-0.15, -0.1) is 0 Å². The van der Waals surface area contributed by atoms with Crippen molar-refractivity contribution in [2.45, 2.75) is 71.4 Å². The number of aromatic carboxylic acids is 1. The Morgan fingerprint density at radius 2 is 1.89 bits per heavy atom. The maximum atomic E-state index is 14.1. The monoisotopic (exact) mass is 651 g/mol. The van der Waals surface area contributed by atoms with Crippen molar-refractivity contribution in [2.75, 3.05) is 44.9 Å². The molecule has 2 aromatic rings. The fourth-order valence-corrected chi connectivity index (χ4v) is 8.72. The molecular formula is C36H49N3O8. The number of amides is 1. The number of morpholine rings is 1. The van der Waals surface area contributed by atoms with Crippen LogP contribution in [0.4, 0.5) is 5.69 Å². The number of para-hydroxylation sites is 1. The fourth-order valence-electron chi connectivity index (χ4n) is 8.72. The number of aliphatic hydroxyl groups excluding tert-OH is 2. The average Bonchev–Trinajstić information content (AvgIpc) is 3.44. The molecule has 47 heavy (non-hydrogen) atoms. The molecule has 5 aliphatic rings. The van der Waals surface area contributed by atoms with Crippen molar-refractivity contribution in [3.8, 4) is 16.9 Å². The van der Waals surface area contributed by atoms with Crippen LogP contribution in [-0.4, -0.2) is 96.6 Å². The second kappa shape index (κ2) is 13.4. The number of carbonyl (C=O) groups is 2. The van der Waals surface area contributed by atoms with Crippen molar-refractivity contribution in [3.63, 3.8) is 0 Å². The molecule has 256 valence electrons. The minimum atomic E-state index is -1.02. The second-order valence-electron chi connectivity index (χ2n) is 14.4. The van der Waals surface area contributed by atoms with Gasteiger partial charge in [-0.1, -0.05) is 39.0 Å². The summed E-state index contributed by atoms with van der Waals surface area (Å²) >= 11 is 0. The molecule has 11 nitrogen and oxygen atoms in total. The average molecular weight is 652 g/mol. The van der Waals surface area contributed by atoms with Gasteiger partial charge in [0.05, 0.1) is 45.1 Å². The first-order valence-electron chi connectivity index (χ1n) is 16.8. The number of hydrogen-bond acceptors (Lipinski definition) is 9. The standard InChI is InChI=1S/C36H49N3O8/c1-20-28-16-25(36(28,3)4)17-29(20)37-34(42)32-31(21(2)41)30(19-40)47-39(32)18-22-7-6-8-27(33(22)45-5)23-13-24(35(43)44)15-26(14-23)38-9-11-46-12-10-38/h6-8,13-15,20-21,25,28-32,40-41H,9-12,16-19H2,1-5H3,(H,37,42)(H,43,44)/t20?,21-,25+,28-,29?,30?,31+,32-/m0/s1. The van der Waals surface area contributed by atoms with Crippen LogP contribution in [0.15, 0.2) is 36.4 Å². The second-order valence-corrected chi connectivity index (χ2v) is 14.4.